The molecule has 0 radical (unpaired) electrons. The Bertz CT molecular complexity index is 690. The highest BCUT2D eigenvalue weighted by Gasteiger charge is 2.15. The van der Waals surface area contributed by atoms with Gasteiger partial charge in [0.25, 0.3) is 0 Å². The molecule has 0 saturated carbocycles. The van der Waals surface area contributed by atoms with E-state index in [2.05, 4.69) is 9.71 Å². The first-order valence-electron chi connectivity index (χ1n) is 5.81. The second kappa shape index (κ2) is 6.32. The van der Waals surface area contributed by atoms with Crippen molar-refractivity contribution in [3.8, 4) is 0 Å². The summed E-state index contributed by atoms with van der Waals surface area (Å²) in [4.78, 5) is 3.92. The molecular weight excluding hydrogens is 300 g/mol. The molecule has 0 unspecified atom stereocenters. The molecule has 0 aliphatic rings. The molecule has 0 aliphatic carbocycles. The van der Waals surface area contributed by atoms with Gasteiger partial charge in [-0.15, -0.1) is 0 Å². The Labute approximate surface area is 122 Å². The van der Waals surface area contributed by atoms with E-state index in [0.29, 0.717) is 5.56 Å². The Morgan fingerprint density at radius 1 is 1.20 bits per heavy atom. The zero-order valence-electron chi connectivity index (χ0n) is 10.5. The van der Waals surface area contributed by atoms with Crippen molar-refractivity contribution in [2.45, 2.75) is 18.0 Å². The summed E-state index contributed by atoms with van der Waals surface area (Å²) < 4.78 is 26.7. The number of benzene rings is 1. The van der Waals surface area contributed by atoms with Gasteiger partial charge < -0.3 is 5.11 Å². The minimum absolute atomic E-state index is 0.0637. The quantitative estimate of drug-likeness (QED) is 0.881. The van der Waals surface area contributed by atoms with Gasteiger partial charge in [-0.3, -0.25) is 4.98 Å². The van der Waals surface area contributed by atoms with Gasteiger partial charge in [0.15, 0.2) is 0 Å². The highest BCUT2D eigenvalue weighted by molar-refractivity contribution is 7.89. The number of pyridine rings is 1. The van der Waals surface area contributed by atoms with Crippen molar-refractivity contribution in [3.05, 3.63) is 58.9 Å². The summed E-state index contributed by atoms with van der Waals surface area (Å²) in [6.45, 7) is -0.0617. The molecule has 0 fully saturated rings. The number of hydrogen-bond donors (Lipinski definition) is 2. The molecule has 0 amide bonds. The molecule has 5 nitrogen and oxygen atoms in total. The molecular formula is C13H13ClN2O3S. The van der Waals surface area contributed by atoms with Crippen LogP contribution < -0.4 is 4.72 Å². The predicted molar refractivity (Wildman–Crippen MR) is 75.6 cm³/mol. The zero-order valence-corrected chi connectivity index (χ0v) is 12.0. The van der Waals surface area contributed by atoms with Gasteiger partial charge in [0, 0.05) is 24.0 Å². The van der Waals surface area contributed by atoms with E-state index in [-0.39, 0.29) is 23.1 Å². The molecule has 2 N–H and O–H groups in total. The Balaban J connectivity index is 2.16. The summed E-state index contributed by atoms with van der Waals surface area (Å²) in [7, 11) is -3.64. The molecule has 2 aromatic rings. The van der Waals surface area contributed by atoms with Gasteiger partial charge in [0.2, 0.25) is 10.0 Å². The lowest BCUT2D eigenvalue weighted by Gasteiger charge is -2.08. The van der Waals surface area contributed by atoms with Gasteiger partial charge in [-0.25, -0.2) is 13.1 Å². The van der Waals surface area contributed by atoms with E-state index in [0.717, 1.165) is 5.56 Å². The topological polar surface area (TPSA) is 79.3 Å². The number of aliphatic hydroxyl groups excluding tert-OH is 1. The number of rotatable bonds is 5. The third-order valence-corrected chi connectivity index (χ3v) is 4.47. The molecule has 20 heavy (non-hydrogen) atoms. The van der Waals surface area contributed by atoms with Crippen LogP contribution in [0.5, 0.6) is 0 Å². The summed E-state index contributed by atoms with van der Waals surface area (Å²) >= 11 is 5.89. The van der Waals surface area contributed by atoms with Crippen molar-refractivity contribution in [2.75, 3.05) is 0 Å². The van der Waals surface area contributed by atoms with Crippen molar-refractivity contribution in [3.63, 3.8) is 0 Å². The minimum atomic E-state index is -3.64. The third-order valence-electron chi connectivity index (χ3n) is 2.72. The lowest BCUT2D eigenvalue weighted by molar-refractivity contribution is 0.282. The summed E-state index contributed by atoms with van der Waals surface area (Å²) in [6.07, 6.45) is 3.19. The maximum Gasteiger partial charge on any atom is 0.240 e. The number of aromatic nitrogens is 1. The average molecular weight is 313 g/mol. The molecule has 106 valence electrons. The van der Waals surface area contributed by atoms with Crippen LogP contribution >= 0.6 is 11.6 Å². The zero-order chi connectivity index (χ0) is 14.6. The van der Waals surface area contributed by atoms with Crippen molar-refractivity contribution in [2.24, 2.45) is 0 Å². The van der Waals surface area contributed by atoms with Crippen LogP contribution in [-0.2, 0) is 23.2 Å². The summed E-state index contributed by atoms with van der Waals surface area (Å²) in [5.41, 5.74) is 1.29. The third kappa shape index (κ3) is 3.55. The maximum absolute atomic E-state index is 12.1. The molecule has 1 heterocycles. The summed E-state index contributed by atoms with van der Waals surface area (Å²) in [6, 6.07) is 7.67. The molecule has 0 atom stereocenters. The minimum Gasteiger partial charge on any atom is -0.392 e. The van der Waals surface area contributed by atoms with Crippen LogP contribution in [-0.4, -0.2) is 18.5 Å². The van der Waals surface area contributed by atoms with Crippen LogP contribution in [0.3, 0.4) is 0 Å². The van der Waals surface area contributed by atoms with E-state index in [9.17, 15) is 8.42 Å². The van der Waals surface area contributed by atoms with Crippen molar-refractivity contribution in [1.82, 2.24) is 9.71 Å². The number of aliphatic hydroxyl groups is 1. The van der Waals surface area contributed by atoms with Crippen LogP contribution in [0.2, 0.25) is 5.02 Å². The molecule has 0 spiro atoms. The fourth-order valence-electron chi connectivity index (χ4n) is 1.59. The van der Waals surface area contributed by atoms with Gasteiger partial charge >= 0.3 is 0 Å². The number of hydrogen-bond acceptors (Lipinski definition) is 4. The SMILES string of the molecule is O=S(=O)(NCc1ccncc1)c1ccc(CO)c(Cl)c1. The van der Waals surface area contributed by atoms with Crippen LogP contribution in [0.15, 0.2) is 47.6 Å². The number of nitrogens with zero attached hydrogens (tertiary/aromatic N) is 1. The first-order chi connectivity index (χ1) is 9.53. The van der Waals surface area contributed by atoms with E-state index in [1.54, 1.807) is 24.5 Å². The Hall–Kier alpha value is -1.47. The molecule has 2 rings (SSSR count). The fraction of sp³-hybridized carbons (Fsp3) is 0.154. The highest BCUT2D eigenvalue weighted by Crippen LogP contribution is 2.20. The summed E-state index contributed by atoms with van der Waals surface area (Å²) in [5.74, 6) is 0. The molecule has 0 saturated heterocycles. The smallest absolute Gasteiger partial charge is 0.240 e. The van der Waals surface area contributed by atoms with Gasteiger partial charge in [0.05, 0.1) is 11.5 Å². The van der Waals surface area contributed by atoms with E-state index in [1.165, 1.54) is 18.2 Å². The molecule has 7 heteroatoms. The molecule has 1 aromatic carbocycles. The number of nitrogens with one attached hydrogen (secondary N) is 1. The van der Waals surface area contributed by atoms with Crippen LogP contribution in [0.1, 0.15) is 11.1 Å². The van der Waals surface area contributed by atoms with Crippen molar-refractivity contribution in [1.29, 1.82) is 0 Å². The standard InChI is InChI=1S/C13H13ClN2O3S/c14-13-7-12(2-1-11(13)9-17)20(18,19)16-8-10-3-5-15-6-4-10/h1-7,16-17H,8-9H2. The monoisotopic (exact) mass is 312 g/mol. The number of sulfonamides is 1. The molecule has 0 aliphatic heterocycles. The fourth-order valence-corrected chi connectivity index (χ4v) is 2.93. The Morgan fingerprint density at radius 2 is 1.90 bits per heavy atom. The maximum atomic E-state index is 12.1. The van der Waals surface area contributed by atoms with E-state index in [1.807, 2.05) is 0 Å². The van der Waals surface area contributed by atoms with Crippen molar-refractivity contribution < 1.29 is 13.5 Å². The first kappa shape index (κ1) is 14.9. The lowest BCUT2D eigenvalue weighted by Crippen LogP contribution is -2.23. The van der Waals surface area contributed by atoms with Gasteiger partial charge in [-0.2, -0.15) is 0 Å². The Kier molecular flexibility index (Phi) is 4.72. The van der Waals surface area contributed by atoms with E-state index < -0.39 is 10.0 Å². The second-order valence-electron chi connectivity index (χ2n) is 4.09. The molecule has 0 bridgehead atoms. The van der Waals surface area contributed by atoms with Crippen molar-refractivity contribution >= 4 is 21.6 Å². The Morgan fingerprint density at radius 3 is 2.50 bits per heavy atom. The average Bonchev–Trinajstić information content (AvgIpc) is 2.46. The second-order valence-corrected chi connectivity index (χ2v) is 6.27. The van der Waals surface area contributed by atoms with E-state index in [4.69, 9.17) is 16.7 Å². The normalized spacial score (nSPS) is 11.5. The first-order valence-corrected chi connectivity index (χ1v) is 7.67. The van der Waals surface area contributed by atoms with E-state index >= 15 is 0 Å². The largest absolute Gasteiger partial charge is 0.392 e. The lowest BCUT2D eigenvalue weighted by atomic mass is 10.2. The van der Waals surface area contributed by atoms with Crippen LogP contribution in [0.4, 0.5) is 0 Å². The van der Waals surface area contributed by atoms with Gasteiger partial charge in [0.1, 0.15) is 0 Å². The highest BCUT2D eigenvalue weighted by atomic mass is 35.5. The summed E-state index contributed by atoms with van der Waals surface area (Å²) in [5, 5.41) is 9.23. The number of halogens is 1. The van der Waals surface area contributed by atoms with Gasteiger partial charge in [-0.05, 0) is 35.4 Å². The predicted octanol–water partition coefficient (Wildman–Crippen LogP) is 1.71. The van der Waals surface area contributed by atoms with Gasteiger partial charge in [-0.1, -0.05) is 17.7 Å². The van der Waals surface area contributed by atoms with Crippen LogP contribution in [0.25, 0.3) is 0 Å². The molecule has 1 aromatic heterocycles. The van der Waals surface area contributed by atoms with Crippen LogP contribution in [0, 0.1) is 0 Å².